The zero-order valence-corrected chi connectivity index (χ0v) is 18.2. The van der Waals surface area contributed by atoms with E-state index < -0.39 is 12.1 Å². The molecule has 31 heavy (non-hydrogen) atoms. The van der Waals surface area contributed by atoms with Gasteiger partial charge in [0.05, 0.1) is 5.56 Å². The SMILES string of the molecule is CC(C)(C)c1ccc(C(Oc2ccc(Cl)cc2-c2nc3ccccc3o2)C(=O)O)cc1. The average Bonchev–Trinajstić information content (AvgIpc) is 3.16. The van der Waals surface area contributed by atoms with E-state index in [1.54, 1.807) is 30.3 Å². The summed E-state index contributed by atoms with van der Waals surface area (Å²) in [6.07, 6.45) is -1.20. The molecule has 0 fully saturated rings. The van der Waals surface area contributed by atoms with Crippen molar-refractivity contribution in [2.75, 3.05) is 0 Å². The number of nitrogens with zero attached hydrogens (tertiary/aromatic N) is 1. The van der Waals surface area contributed by atoms with Crippen molar-refractivity contribution in [3.8, 4) is 17.2 Å². The zero-order chi connectivity index (χ0) is 22.2. The average molecular weight is 436 g/mol. The fourth-order valence-corrected chi connectivity index (χ4v) is 3.48. The summed E-state index contributed by atoms with van der Waals surface area (Å²) in [5.41, 5.74) is 3.42. The van der Waals surface area contributed by atoms with E-state index in [0.29, 0.717) is 38.9 Å². The Morgan fingerprint density at radius 1 is 1.06 bits per heavy atom. The van der Waals surface area contributed by atoms with Gasteiger partial charge < -0.3 is 14.3 Å². The van der Waals surface area contributed by atoms with Gasteiger partial charge >= 0.3 is 5.97 Å². The molecule has 3 aromatic carbocycles. The molecule has 0 spiro atoms. The second kappa shape index (κ2) is 8.08. The maximum atomic E-state index is 12.1. The fourth-order valence-electron chi connectivity index (χ4n) is 3.31. The molecule has 1 unspecified atom stereocenters. The van der Waals surface area contributed by atoms with Gasteiger partial charge in [0.1, 0.15) is 11.3 Å². The van der Waals surface area contributed by atoms with E-state index in [1.165, 1.54) is 0 Å². The number of carboxylic acid groups (broad SMARTS) is 1. The lowest BCUT2D eigenvalue weighted by atomic mass is 9.86. The molecule has 1 atom stereocenters. The predicted octanol–water partition coefficient (Wildman–Crippen LogP) is 6.65. The highest BCUT2D eigenvalue weighted by Gasteiger charge is 2.25. The van der Waals surface area contributed by atoms with Crippen molar-refractivity contribution >= 4 is 28.7 Å². The Balaban J connectivity index is 1.72. The van der Waals surface area contributed by atoms with Crippen LogP contribution in [0.2, 0.25) is 5.02 Å². The number of ether oxygens (including phenoxy) is 1. The molecule has 0 aliphatic heterocycles. The molecule has 6 heteroatoms. The number of carboxylic acids is 1. The number of fused-ring (bicyclic) bond motifs is 1. The molecule has 5 nitrogen and oxygen atoms in total. The second-order valence-electron chi connectivity index (χ2n) is 8.34. The highest BCUT2D eigenvalue weighted by atomic mass is 35.5. The number of oxazole rings is 1. The summed E-state index contributed by atoms with van der Waals surface area (Å²) >= 11 is 6.20. The van der Waals surface area contributed by atoms with Gasteiger partial charge in [-0.1, -0.05) is 68.8 Å². The van der Waals surface area contributed by atoms with Crippen LogP contribution in [0.5, 0.6) is 5.75 Å². The van der Waals surface area contributed by atoms with Gasteiger partial charge in [0.2, 0.25) is 12.0 Å². The van der Waals surface area contributed by atoms with Crippen LogP contribution in [-0.2, 0) is 10.2 Å². The number of aliphatic carboxylic acids is 1. The van der Waals surface area contributed by atoms with E-state index in [4.69, 9.17) is 20.8 Å². The Hall–Kier alpha value is -3.31. The van der Waals surface area contributed by atoms with Crippen LogP contribution in [0.1, 0.15) is 38.0 Å². The van der Waals surface area contributed by atoms with Crippen molar-refractivity contribution in [2.45, 2.75) is 32.3 Å². The number of hydrogen-bond donors (Lipinski definition) is 1. The topological polar surface area (TPSA) is 72.6 Å². The Bertz CT molecular complexity index is 1210. The van der Waals surface area contributed by atoms with Crippen molar-refractivity contribution in [3.05, 3.63) is 82.9 Å². The molecule has 1 N–H and O–H groups in total. The molecular formula is C25H22ClNO4. The van der Waals surface area contributed by atoms with Crippen LogP contribution in [0.4, 0.5) is 0 Å². The Labute approximate surface area is 185 Å². The Morgan fingerprint density at radius 2 is 1.77 bits per heavy atom. The van der Waals surface area contributed by atoms with Crippen molar-refractivity contribution in [2.24, 2.45) is 0 Å². The first-order valence-electron chi connectivity index (χ1n) is 9.88. The molecule has 0 aliphatic carbocycles. The first kappa shape index (κ1) is 20.9. The molecule has 0 amide bonds. The van der Waals surface area contributed by atoms with E-state index in [1.807, 2.05) is 36.4 Å². The summed E-state index contributed by atoms with van der Waals surface area (Å²) < 4.78 is 11.8. The van der Waals surface area contributed by atoms with Gasteiger partial charge in [-0.05, 0) is 41.3 Å². The molecule has 1 aromatic heterocycles. The minimum atomic E-state index is -1.20. The predicted molar refractivity (Wildman–Crippen MR) is 121 cm³/mol. The van der Waals surface area contributed by atoms with Crippen LogP contribution >= 0.6 is 11.6 Å². The third-order valence-electron chi connectivity index (χ3n) is 5.01. The van der Waals surface area contributed by atoms with Crippen LogP contribution in [0, 0.1) is 0 Å². The molecular weight excluding hydrogens is 414 g/mol. The lowest BCUT2D eigenvalue weighted by Crippen LogP contribution is -2.19. The molecule has 4 aromatic rings. The second-order valence-corrected chi connectivity index (χ2v) is 8.77. The highest BCUT2D eigenvalue weighted by molar-refractivity contribution is 6.30. The lowest BCUT2D eigenvalue weighted by Gasteiger charge is -2.21. The quantitative estimate of drug-likeness (QED) is 0.380. The van der Waals surface area contributed by atoms with Crippen molar-refractivity contribution in [1.82, 2.24) is 4.98 Å². The highest BCUT2D eigenvalue weighted by Crippen LogP contribution is 2.36. The summed E-state index contributed by atoms with van der Waals surface area (Å²) in [6.45, 7) is 6.31. The van der Waals surface area contributed by atoms with E-state index in [0.717, 1.165) is 5.56 Å². The van der Waals surface area contributed by atoms with Crippen molar-refractivity contribution in [3.63, 3.8) is 0 Å². The van der Waals surface area contributed by atoms with Gasteiger partial charge in [0.25, 0.3) is 0 Å². The molecule has 0 aliphatic rings. The van der Waals surface area contributed by atoms with E-state index in [-0.39, 0.29) is 5.41 Å². The summed E-state index contributed by atoms with van der Waals surface area (Å²) in [6, 6.07) is 19.7. The lowest BCUT2D eigenvalue weighted by molar-refractivity contribution is -0.145. The molecule has 0 saturated heterocycles. The molecule has 0 saturated carbocycles. The van der Waals surface area contributed by atoms with Crippen molar-refractivity contribution in [1.29, 1.82) is 0 Å². The number of carbonyl (C=O) groups is 1. The number of benzene rings is 3. The maximum Gasteiger partial charge on any atom is 0.349 e. The summed E-state index contributed by atoms with van der Waals surface area (Å²) in [5.74, 6) is -0.462. The number of halogens is 1. The smallest absolute Gasteiger partial charge is 0.349 e. The minimum Gasteiger partial charge on any atom is -0.478 e. The fraction of sp³-hybridized carbons (Fsp3) is 0.200. The molecule has 0 bridgehead atoms. The summed E-state index contributed by atoms with van der Waals surface area (Å²) in [5, 5.41) is 10.3. The third kappa shape index (κ3) is 4.42. The first-order chi connectivity index (χ1) is 14.7. The largest absolute Gasteiger partial charge is 0.478 e. The molecule has 1 heterocycles. The van der Waals surface area contributed by atoms with Crippen LogP contribution in [0.25, 0.3) is 22.6 Å². The van der Waals surface area contributed by atoms with Gasteiger partial charge in [-0.2, -0.15) is 0 Å². The van der Waals surface area contributed by atoms with Gasteiger partial charge in [-0.3, -0.25) is 0 Å². The normalized spacial score (nSPS) is 12.6. The Kier molecular flexibility index (Phi) is 5.46. The number of para-hydroxylation sites is 2. The third-order valence-corrected chi connectivity index (χ3v) is 5.25. The number of hydrogen-bond acceptors (Lipinski definition) is 4. The van der Waals surface area contributed by atoms with Gasteiger partial charge in [0.15, 0.2) is 5.58 Å². The minimum absolute atomic E-state index is 0.0333. The molecule has 4 rings (SSSR count). The van der Waals surface area contributed by atoms with Crippen LogP contribution < -0.4 is 4.74 Å². The first-order valence-corrected chi connectivity index (χ1v) is 10.3. The van der Waals surface area contributed by atoms with E-state index >= 15 is 0 Å². The van der Waals surface area contributed by atoms with Crippen LogP contribution in [-0.4, -0.2) is 16.1 Å². The summed E-state index contributed by atoms with van der Waals surface area (Å²) in [7, 11) is 0. The van der Waals surface area contributed by atoms with Gasteiger partial charge in [0, 0.05) is 10.6 Å². The van der Waals surface area contributed by atoms with Gasteiger partial charge in [-0.25, -0.2) is 9.78 Å². The maximum absolute atomic E-state index is 12.1. The number of aromatic nitrogens is 1. The van der Waals surface area contributed by atoms with E-state index in [9.17, 15) is 9.90 Å². The standard InChI is InChI=1S/C25H22ClNO4/c1-25(2,3)16-10-8-15(9-11-16)22(24(28)29)30-20-13-12-17(26)14-18(20)23-27-19-6-4-5-7-21(19)31-23/h4-14,22H,1-3H3,(H,28,29). The zero-order valence-electron chi connectivity index (χ0n) is 17.4. The van der Waals surface area contributed by atoms with Crippen molar-refractivity contribution < 1.29 is 19.1 Å². The van der Waals surface area contributed by atoms with Gasteiger partial charge in [-0.15, -0.1) is 0 Å². The monoisotopic (exact) mass is 435 g/mol. The Morgan fingerprint density at radius 3 is 2.42 bits per heavy atom. The van der Waals surface area contributed by atoms with Crippen LogP contribution in [0.15, 0.2) is 71.1 Å². The molecule has 158 valence electrons. The van der Waals surface area contributed by atoms with Crippen LogP contribution in [0.3, 0.4) is 0 Å². The summed E-state index contributed by atoms with van der Waals surface area (Å²) in [4.78, 5) is 16.5. The van der Waals surface area contributed by atoms with E-state index in [2.05, 4.69) is 25.8 Å². The number of rotatable bonds is 5. The molecule has 0 radical (unpaired) electrons.